The first-order valence-corrected chi connectivity index (χ1v) is 3.67. The van der Waals surface area contributed by atoms with Gasteiger partial charge in [0.2, 0.25) is 0 Å². The van der Waals surface area contributed by atoms with Crippen LogP contribution in [0.15, 0.2) is 0 Å². The first-order chi connectivity index (χ1) is 5.13. The Morgan fingerprint density at radius 2 is 2.45 bits per heavy atom. The van der Waals surface area contributed by atoms with E-state index >= 15 is 0 Å². The van der Waals surface area contributed by atoms with Gasteiger partial charge in [0, 0.05) is 13.0 Å². The lowest BCUT2D eigenvalue weighted by Gasteiger charge is -2.26. The number of carbonyl (C=O) groups is 1. The van der Waals surface area contributed by atoms with Crippen molar-refractivity contribution in [2.75, 3.05) is 13.7 Å². The Labute approximate surface area is 65.5 Å². The Balaban J connectivity index is 2.82. The van der Waals surface area contributed by atoms with Crippen molar-refractivity contribution in [3.63, 3.8) is 0 Å². The van der Waals surface area contributed by atoms with Crippen molar-refractivity contribution in [2.24, 2.45) is 0 Å². The molecule has 1 heterocycles. The summed E-state index contributed by atoms with van der Waals surface area (Å²) in [4.78, 5) is 10.8. The largest absolute Gasteiger partial charge is 0.480 e. The lowest BCUT2D eigenvalue weighted by atomic mass is 9.93. The van der Waals surface area contributed by atoms with Crippen molar-refractivity contribution in [1.82, 2.24) is 5.32 Å². The number of aliphatic carboxylic acids is 1. The highest BCUT2D eigenvalue weighted by atomic mass is 16.5. The average Bonchev–Trinajstić information content (AvgIpc) is 2.32. The number of nitrogens with one attached hydrogen (secondary N) is 1. The zero-order chi connectivity index (χ0) is 8.48. The molecule has 1 aliphatic rings. The summed E-state index contributed by atoms with van der Waals surface area (Å²) in [6, 6.07) is 0. The molecule has 11 heavy (non-hydrogen) atoms. The van der Waals surface area contributed by atoms with Gasteiger partial charge in [0.05, 0.1) is 6.10 Å². The number of carboxylic acids is 1. The van der Waals surface area contributed by atoms with Gasteiger partial charge in [-0.25, -0.2) is 0 Å². The Bertz CT molecular complexity index is 171. The Morgan fingerprint density at radius 3 is 2.64 bits per heavy atom. The molecule has 4 heteroatoms. The SMILES string of the molecule is CNC1(C(=O)O)CCOC1C. The monoisotopic (exact) mass is 159 g/mol. The number of likely N-dealkylation sites (N-methyl/N-ethyl adjacent to an activating group) is 1. The van der Waals surface area contributed by atoms with Gasteiger partial charge in [0.1, 0.15) is 5.54 Å². The molecule has 1 aliphatic heterocycles. The van der Waals surface area contributed by atoms with Crippen LogP contribution >= 0.6 is 0 Å². The van der Waals surface area contributed by atoms with Gasteiger partial charge in [0.15, 0.2) is 0 Å². The second-order valence-electron chi connectivity index (χ2n) is 2.79. The van der Waals surface area contributed by atoms with Gasteiger partial charge in [0.25, 0.3) is 0 Å². The predicted molar refractivity (Wildman–Crippen MR) is 39.5 cm³/mol. The van der Waals surface area contributed by atoms with Gasteiger partial charge in [-0.15, -0.1) is 0 Å². The van der Waals surface area contributed by atoms with E-state index in [-0.39, 0.29) is 6.10 Å². The molecule has 0 aromatic carbocycles. The van der Waals surface area contributed by atoms with Crippen molar-refractivity contribution < 1.29 is 14.6 Å². The van der Waals surface area contributed by atoms with Gasteiger partial charge in [-0.3, -0.25) is 4.79 Å². The lowest BCUT2D eigenvalue weighted by molar-refractivity contribution is -0.146. The molecular weight excluding hydrogens is 146 g/mol. The summed E-state index contributed by atoms with van der Waals surface area (Å²) < 4.78 is 5.18. The fourth-order valence-electron chi connectivity index (χ4n) is 1.46. The average molecular weight is 159 g/mol. The highest BCUT2D eigenvalue weighted by molar-refractivity contribution is 5.80. The van der Waals surface area contributed by atoms with Crippen LogP contribution in [0.1, 0.15) is 13.3 Å². The standard InChI is InChI=1S/C7H13NO3/c1-5-7(8-2,6(9)10)3-4-11-5/h5,8H,3-4H2,1-2H3,(H,9,10). The van der Waals surface area contributed by atoms with Crippen LogP contribution < -0.4 is 5.32 Å². The first kappa shape index (κ1) is 8.49. The maximum absolute atomic E-state index is 10.8. The van der Waals surface area contributed by atoms with Crippen molar-refractivity contribution in [2.45, 2.75) is 25.0 Å². The van der Waals surface area contributed by atoms with Crippen molar-refractivity contribution in [1.29, 1.82) is 0 Å². The summed E-state index contributed by atoms with van der Waals surface area (Å²) in [5.41, 5.74) is -0.861. The van der Waals surface area contributed by atoms with Gasteiger partial charge >= 0.3 is 5.97 Å². The van der Waals surface area contributed by atoms with E-state index in [1.54, 1.807) is 14.0 Å². The van der Waals surface area contributed by atoms with Crippen molar-refractivity contribution in [3.05, 3.63) is 0 Å². The van der Waals surface area contributed by atoms with E-state index in [4.69, 9.17) is 9.84 Å². The molecule has 2 N–H and O–H groups in total. The molecule has 2 unspecified atom stereocenters. The Morgan fingerprint density at radius 1 is 1.82 bits per heavy atom. The van der Waals surface area contributed by atoms with E-state index in [2.05, 4.69) is 5.32 Å². The van der Waals surface area contributed by atoms with Crippen LogP contribution in [0.5, 0.6) is 0 Å². The molecule has 0 bridgehead atoms. The molecule has 0 spiro atoms. The topological polar surface area (TPSA) is 58.6 Å². The third-order valence-corrected chi connectivity index (χ3v) is 2.39. The van der Waals surface area contributed by atoms with E-state index < -0.39 is 11.5 Å². The van der Waals surface area contributed by atoms with Crippen LogP contribution in [-0.2, 0) is 9.53 Å². The first-order valence-electron chi connectivity index (χ1n) is 3.67. The molecule has 0 aromatic rings. The summed E-state index contributed by atoms with van der Waals surface area (Å²) in [6.45, 7) is 2.30. The van der Waals surface area contributed by atoms with Gasteiger partial charge < -0.3 is 15.2 Å². The summed E-state index contributed by atoms with van der Waals surface area (Å²) in [6.07, 6.45) is 0.296. The molecule has 1 rings (SSSR count). The minimum atomic E-state index is -0.861. The van der Waals surface area contributed by atoms with Crippen LogP contribution in [0.3, 0.4) is 0 Å². The molecule has 0 saturated carbocycles. The maximum Gasteiger partial charge on any atom is 0.326 e. The summed E-state index contributed by atoms with van der Waals surface area (Å²) >= 11 is 0. The van der Waals surface area contributed by atoms with Crippen LogP contribution in [0, 0.1) is 0 Å². The molecule has 4 nitrogen and oxygen atoms in total. The highest BCUT2D eigenvalue weighted by Crippen LogP contribution is 2.25. The molecular formula is C7H13NO3. The Kier molecular flexibility index (Phi) is 2.15. The quantitative estimate of drug-likeness (QED) is 0.587. The predicted octanol–water partition coefficient (Wildman–Crippen LogP) is -0.162. The third-order valence-electron chi connectivity index (χ3n) is 2.39. The number of ether oxygens (including phenoxy) is 1. The van der Waals surface area contributed by atoms with Gasteiger partial charge in [-0.1, -0.05) is 0 Å². The van der Waals surface area contributed by atoms with E-state index in [1.165, 1.54) is 0 Å². The zero-order valence-corrected chi connectivity index (χ0v) is 6.76. The summed E-state index contributed by atoms with van der Waals surface area (Å²) in [5.74, 6) is -0.829. The molecule has 0 aliphatic carbocycles. The second kappa shape index (κ2) is 2.79. The molecule has 0 amide bonds. The molecule has 1 fully saturated rings. The minimum Gasteiger partial charge on any atom is -0.480 e. The fourth-order valence-corrected chi connectivity index (χ4v) is 1.46. The van der Waals surface area contributed by atoms with E-state index in [0.29, 0.717) is 13.0 Å². The highest BCUT2D eigenvalue weighted by Gasteiger charge is 2.47. The molecule has 0 aromatic heterocycles. The number of hydrogen-bond donors (Lipinski definition) is 2. The molecule has 64 valence electrons. The van der Waals surface area contributed by atoms with Crippen molar-refractivity contribution >= 4 is 5.97 Å². The number of rotatable bonds is 2. The summed E-state index contributed by atoms with van der Waals surface area (Å²) in [7, 11) is 1.65. The van der Waals surface area contributed by atoms with Crippen LogP contribution in [0.2, 0.25) is 0 Å². The van der Waals surface area contributed by atoms with E-state index in [0.717, 1.165) is 0 Å². The van der Waals surface area contributed by atoms with Crippen molar-refractivity contribution in [3.8, 4) is 0 Å². The molecule has 2 atom stereocenters. The van der Waals surface area contributed by atoms with Gasteiger partial charge in [-0.2, -0.15) is 0 Å². The van der Waals surface area contributed by atoms with E-state index in [1.807, 2.05) is 0 Å². The number of carboxylic acid groups (broad SMARTS) is 1. The smallest absolute Gasteiger partial charge is 0.326 e. The summed E-state index contributed by atoms with van der Waals surface area (Å²) in [5, 5.41) is 11.7. The minimum absolute atomic E-state index is 0.245. The lowest BCUT2D eigenvalue weighted by Crippen LogP contribution is -2.55. The molecule has 0 radical (unpaired) electrons. The van der Waals surface area contributed by atoms with E-state index in [9.17, 15) is 4.79 Å². The van der Waals surface area contributed by atoms with Crippen LogP contribution in [0.4, 0.5) is 0 Å². The normalized spacial score (nSPS) is 37.5. The van der Waals surface area contributed by atoms with Crippen LogP contribution in [0.25, 0.3) is 0 Å². The second-order valence-corrected chi connectivity index (χ2v) is 2.79. The van der Waals surface area contributed by atoms with Crippen LogP contribution in [-0.4, -0.2) is 36.4 Å². The van der Waals surface area contributed by atoms with Gasteiger partial charge in [-0.05, 0) is 14.0 Å². The maximum atomic E-state index is 10.8. The fraction of sp³-hybridized carbons (Fsp3) is 0.857. The third kappa shape index (κ3) is 1.12. The zero-order valence-electron chi connectivity index (χ0n) is 6.76. The molecule has 1 saturated heterocycles. The Hall–Kier alpha value is -0.610. The number of hydrogen-bond acceptors (Lipinski definition) is 3.